The molecule has 2 unspecified atom stereocenters. The summed E-state index contributed by atoms with van der Waals surface area (Å²) in [5.41, 5.74) is 6.77. The average molecular weight is 554 g/mol. The second kappa shape index (κ2) is 12.8. The zero-order valence-electron chi connectivity index (χ0n) is 23.4. The van der Waals surface area contributed by atoms with Crippen LogP contribution in [0.2, 0.25) is 0 Å². The van der Waals surface area contributed by atoms with Crippen molar-refractivity contribution in [2.24, 2.45) is 5.92 Å². The van der Waals surface area contributed by atoms with Gasteiger partial charge < -0.3 is 10.1 Å². The highest BCUT2D eigenvalue weighted by molar-refractivity contribution is 5.76. The maximum Gasteiger partial charge on any atom is 0.408 e. The van der Waals surface area contributed by atoms with Crippen molar-refractivity contribution in [2.45, 2.75) is 38.8 Å². The third-order valence-corrected chi connectivity index (χ3v) is 7.66. The first-order chi connectivity index (χ1) is 20.4. The standard InChI is InChI=1S/C35H31N5O2/c1-24-38-32-18-17-31(20-33(32)39-24)34(40(35(41)42)23-29-13-11-28(22-37)12-14-29)30(19-26-5-3-2-4-6-26)16-15-25-7-9-27(21-36)10-8-25/h2-14,17-18,20,30,34H,15-16,19,23H2,1H3,(H,38,39)(H,41,42). The van der Waals surface area contributed by atoms with Crippen molar-refractivity contribution < 1.29 is 9.90 Å². The van der Waals surface area contributed by atoms with E-state index < -0.39 is 12.1 Å². The first-order valence-electron chi connectivity index (χ1n) is 13.9. The summed E-state index contributed by atoms with van der Waals surface area (Å²) in [6, 6.07) is 34.6. The summed E-state index contributed by atoms with van der Waals surface area (Å²) in [6.45, 7) is 2.08. The van der Waals surface area contributed by atoms with Crippen LogP contribution in [0.4, 0.5) is 4.79 Å². The average Bonchev–Trinajstić information content (AvgIpc) is 3.39. The largest absolute Gasteiger partial charge is 0.465 e. The fraction of sp³-hybridized carbons (Fsp3) is 0.200. The zero-order valence-corrected chi connectivity index (χ0v) is 23.4. The molecule has 7 nitrogen and oxygen atoms in total. The monoisotopic (exact) mass is 553 g/mol. The van der Waals surface area contributed by atoms with Crippen LogP contribution >= 0.6 is 0 Å². The van der Waals surface area contributed by atoms with E-state index in [1.54, 1.807) is 12.1 Å². The highest BCUT2D eigenvalue weighted by Gasteiger charge is 2.33. The molecule has 0 saturated heterocycles. The molecular weight excluding hydrogens is 522 g/mol. The number of H-pyrrole nitrogens is 1. The number of aromatic amines is 1. The molecule has 0 fully saturated rings. The number of hydrogen-bond donors (Lipinski definition) is 2. The fourth-order valence-corrected chi connectivity index (χ4v) is 5.60. The van der Waals surface area contributed by atoms with Gasteiger partial charge in [-0.05, 0) is 90.8 Å². The first kappa shape index (κ1) is 28.1. The Labute approximate surface area is 245 Å². The first-order valence-corrected chi connectivity index (χ1v) is 13.9. The van der Waals surface area contributed by atoms with E-state index in [1.807, 2.05) is 79.7 Å². The molecule has 0 saturated carbocycles. The van der Waals surface area contributed by atoms with Crippen molar-refractivity contribution in [2.75, 3.05) is 0 Å². The fourth-order valence-electron chi connectivity index (χ4n) is 5.60. The van der Waals surface area contributed by atoms with E-state index in [1.165, 1.54) is 4.90 Å². The Morgan fingerprint density at radius 2 is 1.52 bits per heavy atom. The molecule has 5 aromatic rings. The predicted octanol–water partition coefficient (Wildman–Crippen LogP) is 7.33. The molecule has 0 aliphatic carbocycles. The molecule has 0 radical (unpaired) electrons. The number of nitrogens with zero attached hydrogens (tertiary/aromatic N) is 4. The van der Waals surface area contributed by atoms with E-state index in [4.69, 9.17) is 0 Å². The summed E-state index contributed by atoms with van der Waals surface area (Å²) in [6.07, 6.45) is 1.12. The number of fused-ring (bicyclic) bond motifs is 1. The van der Waals surface area contributed by atoms with Crippen LogP contribution < -0.4 is 0 Å². The smallest absolute Gasteiger partial charge is 0.408 e. The van der Waals surface area contributed by atoms with Crippen LogP contribution in [0.3, 0.4) is 0 Å². The highest BCUT2D eigenvalue weighted by Crippen LogP contribution is 2.37. The summed E-state index contributed by atoms with van der Waals surface area (Å²) >= 11 is 0. The van der Waals surface area contributed by atoms with Crippen molar-refractivity contribution >= 4 is 17.1 Å². The second-order valence-electron chi connectivity index (χ2n) is 10.6. The van der Waals surface area contributed by atoms with E-state index in [-0.39, 0.29) is 12.5 Å². The van der Waals surface area contributed by atoms with Crippen LogP contribution in [0.25, 0.3) is 11.0 Å². The van der Waals surface area contributed by atoms with Crippen molar-refractivity contribution in [3.05, 3.63) is 136 Å². The van der Waals surface area contributed by atoms with Crippen molar-refractivity contribution in [1.82, 2.24) is 14.9 Å². The molecule has 7 heteroatoms. The van der Waals surface area contributed by atoms with Crippen molar-refractivity contribution in [3.63, 3.8) is 0 Å². The lowest BCUT2D eigenvalue weighted by atomic mass is 9.82. The molecule has 42 heavy (non-hydrogen) atoms. The molecule has 0 spiro atoms. The normalized spacial score (nSPS) is 12.3. The Balaban J connectivity index is 1.58. The second-order valence-corrected chi connectivity index (χ2v) is 10.6. The Morgan fingerprint density at radius 1 is 0.881 bits per heavy atom. The van der Waals surface area contributed by atoms with Gasteiger partial charge in [-0.25, -0.2) is 9.78 Å². The topological polar surface area (TPSA) is 117 Å². The van der Waals surface area contributed by atoms with Crippen LogP contribution in [0.1, 0.15) is 51.7 Å². The molecule has 2 N–H and O–H groups in total. The van der Waals surface area contributed by atoms with Crippen LogP contribution in [0, 0.1) is 35.5 Å². The van der Waals surface area contributed by atoms with Gasteiger partial charge in [0.05, 0.1) is 40.3 Å². The van der Waals surface area contributed by atoms with E-state index in [9.17, 15) is 20.4 Å². The number of imidazole rings is 1. The SMILES string of the molecule is Cc1nc2ccc(C(C(CCc3ccc(C#N)cc3)Cc3ccccc3)N(Cc3ccc(C#N)cc3)C(=O)O)cc2[nH]1. The summed E-state index contributed by atoms with van der Waals surface area (Å²) in [5, 5.41) is 29.1. The summed E-state index contributed by atoms with van der Waals surface area (Å²) in [5.74, 6) is 0.729. The number of rotatable bonds is 10. The zero-order chi connectivity index (χ0) is 29.5. The minimum atomic E-state index is -1.01. The summed E-state index contributed by atoms with van der Waals surface area (Å²) < 4.78 is 0. The lowest BCUT2D eigenvalue weighted by molar-refractivity contribution is 0.0961. The number of hydrogen-bond acceptors (Lipinski definition) is 4. The van der Waals surface area contributed by atoms with Gasteiger partial charge in [-0.15, -0.1) is 0 Å². The van der Waals surface area contributed by atoms with Crippen LogP contribution in [-0.4, -0.2) is 26.1 Å². The minimum absolute atomic E-state index is 0.0704. The third-order valence-electron chi connectivity index (χ3n) is 7.66. The maximum atomic E-state index is 13.0. The predicted molar refractivity (Wildman–Crippen MR) is 161 cm³/mol. The highest BCUT2D eigenvalue weighted by atomic mass is 16.4. The molecule has 1 heterocycles. The van der Waals surface area contributed by atoms with Crippen LogP contribution in [0.15, 0.2) is 97.1 Å². The van der Waals surface area contributed by atoms with Crippen LogP contribution in [-0.2, 0) is 19.4 Å². The number of nitrogens with one attached hydrogen (secondary N) is 1. The Morgan fingerprint density at radius 3 is 2.14 bits per heavy atom. The quantitative estimate of drug-likeness (QED) is 0.188. The molecule has 4 aromatic carbocycles. The van der Waals surface area contributed by atoms with E-state index in [0.717, 1.165) is 52.0 Å². The van der Waals surface area contributed by atoms with Crippen molar-refractivity contribution in [3.8, 4) is 12.1 Å². The number of aromatic nitrogens is 2. The number of aryl methyl sites for hydroxylation is 2. The van der Waals surface area contributed by atoms with E-state index >= 15 is 0 Å². The van der Waals surface area contributed by atoms with Gasteiger partial charge >= 0.3 is 6.09 Å². The Hall–Kier alpha value is -5.40. The van der Waals surface area contributed by atoms with Gasteiger partial charge in [0.1, 0.15) is 5.82 Å². The Kier molecular flexibility index (Phi) is 8.61. The van der Waals surface area contributed by atoms with Gasteiger partial charge in [-0.2, -0.15) is 10.5 Å². The maximum absolute atomic E-state index is 13.0. The molecule has 0 aliphatic heterocycles. The van der Waals surface area contributed by atoms with E-state index in [2.05, 4.69) is 34.2 Å². The Bertz CT molecular complexity index is 1750. The molecule has 208 valence electrons. The molecule has 5 rings (SSSR count). The molecule has 0 aliphatic rings. The van der Waals surface area contributed by atoms with Crippen LogP contribution in [0.5, 0.6) is 0 Å². The van der Waals surface area contributed by atoms with Crippen molar-refractivity contribution in [1.29, 1.82) is 10.5 Å². The third kappa shape index (κ3) is 6.66. The molecule has 1 amide bonds. The lowest BCUT2D eigenvalue weighted by Crippen LogP contribution is -2.38. The molecule has 0 bridgehead atoms. The number of benzene rings is 4. The van der Waals surface area contributed by atoms with Gasteiger partial charge in [0.15, 0.2) is 0 Å². The number of carbonyl (C=O) groups is 1. The lowest BCUT2D eigenvalue weighted by Gasteiger charge is -2.36. The van der Waals surface area contributed by atoms with E-state index in [0.29, 0.717) is 17.5 Å². The summed E-state index contributed by atoms with van der Waals surface area (Å²) in [7, 11) is 0. The molecule has 2 atom stereocenters. The molecule has 1 aromatic heterocycles. The summed E-state index contributed by atoms with van der Waals surface area (Å²) in [4.78, 5) is 22.4. The van der Waals surface area contributed by atoms with Gasteiger partial charge in [0, 0.05) is 6.54 Å². The number of amides is 1. The van der Waals surface area contributed by atoms with Gasteiger partial charge in [-0.1, -0.05) is 60.7 Å². The number of carboxylic acid groups (broad SMARTS) is 1. The molecular formula is C35H31N5O2. The van der Waals surface area contributed by atoms with Gasteiger partial charge in [-0.3, -0.25) is 4.90 Å². The van der Waals surface area contributed by atoms with Gasteiger partial charge in [0.25, 0.3) is 0 Å². The minimum Gasteiger partial charge on any atom is -0.465 e. The number of nitriles is 2. The van der Waals surface area contributed by atoms with Gasteiger partial charge in [0.2, 0.25) is 0 Å².